The normalized spacial score (nSPS) is 31.4. The number of rotatable bonds is 15. The molecule has 2 amide bonds. The van der Waals surface area contributed by atoms with Gasteiger partial charge in [0.15, 0.2) is 0 Å². The van der Waals surface area contributed by atoms with Crippen LogP contribution in [0.15, 0.2) is 55.6 Å². The molecule has 0 radical (unpaired) electrons. The Hall–Kier alpha value is -3.05. The predicted octanol–water partition coefficient (Wildman–Crippen LogP) is 2.98. The van der Waals surface area contributed by atoms with Crippen molar-refractivity contribution in [3.05, 3.63) is 61.2 Å². The summed E-state index contributed by atoms with van der Waals surface area (Å²) in [6.07, 6.45) is 6.33. The fourth-order valence-corrected chi connectivity index (χ4v) is 8.04. The van der Waals surface area contributed by atoms with E-state index in [2.05, 4.69) is 18.1 Å². The average Bonchev–Trinajstić information content (AvgIpc) is 3.56. The van der Waals surface area contributed by atoms with Crippen LogP contribution in [0.5, 0.6) is 0 Å². The van der Waals surface area contributed by atoms with Crippen LogP contribution in [0.1, 0.15) is 51.1 Å². The molecule has 1 aromatic rings. The number of likely N-dealkylation sites (tertiary alicyclic amines) is 1. The molecular weight excluding hydrogens is 574 g/mol. The highest BCUT2D eigenvalue weighted by atomic mass is 16.6. The smallest absolute Gasteiger partial charge is 0.312 e. The minimum Gasteiger partial charge on any atom is -0.465 e. The second-order valence-corrected chi connectivity index (χ2v) is 13.0. The summed E-state index contributed by atoms with van der Waals surface area (Å²) in [5.74, 6) is -2.97. The molecule has 4 aliphatic heterocycles. The van der Waals surface area contributed by atoms with Gasteiger partial charge in [0.05, 0.1) is 44.0 Å². The molecule has 0 aliphatic carbocycles. The summed E-state index contributed by atoms with van der Waals surface area (Å²) >= 11 is 0. The summed E-state index contributed by atoms with van der Waals surface area (Å²) in [7, 11) is 0. The summed E-state index contributed by atoms with van der Waals surface area (Å²) in [5, 5.41) is 10.8. The first-order valence-corrected chi connectivity index (χ1v) is 16.4. The second-order valence-electron chi connectivity index (χ2n) is 13.0. The molecule has 246 valence electrons. The van der Waals surface area contributed by atoms with Gasteiger partial charge in [-0.1, -0.05) is 49.4 Å². The minimum atomic E-state index is -1.24. The fraction of sp³-hybridized carbons (Fsp3) is 0.629. The summed E-state index contributed by atoms with van der Waals surface area (Å²) < 4.78 is 18.2. The Bertz CT molecular complexity index is 1240. The van der Waals surface area contributed by atoms with Crippen LogP contribution in [0.3, 0.4) is 0 Å². The molecule has 10 nitrogen and oxygen atoms in total. The first-order valence-electron chi connectivity index (χ1n) is 16.4. The number of aliphatic hydroxyl groups excluding tert-OH is 1. The van der Waals surface area contributed by atoms with Gasteiger partial charge in [0.25, 0.3) is 0 Å². The third-order valence-corrected chi connectivity index (χ3v) is 10.4. The summed E-state index contributed by atoms with van der Waals surface area (Å²) in [4.78, 5) is 48.9. The van der Waals surface area contributed by atoms with Crippen LogP contribution in [0.4, 0.5) is 0 Å². The number of carbonyl (C=O) groups excluding carboxylic acids is 3. The van der Waals surface area contributed by atoms with Gasteiger partial charge in [-0.25, -0.2) is 0 Å². The molecule has 1 N–H and O–H groups in total. The van der Waals surface area contributed by atoms with E-state index >= 15 is 0 Å². The van der Waals surface area contributed by atoms with Gasteiger partial charge < -0.3 is 29.1 Å². The maximum atomic E-state index is 14.9. The number of allylic oxidation sites excluding steroid dienone is 1. The van der Waals surface area contributed by atoms with Crippen molar-refractivity contribution in [2.24, 2.45) is 17.8 Å². The monoisotopic (exact) mass is 623 g/mol. The van der Waals surface area contributed by atoms with Crippen molar-refractivity contribution in [1.29, 1.82) is 0 Å². The lowest BCUT2D eigenvalue weighted by molar-refractivity contribution is -0.164. The van der Waals surface area contributed by atoms with E-state index in [1.54, 1.807) is 11.0 Å². The molecule has 4 fully saturated rings. The van der Waals surface area contributed by atoms with Crippen LogP contribution in [0.2, 0.25) is 0 Å². The lowest BCUT2D eigenvalue weighted by Gasteiger charge is -2.40. The lowest BCUT2D eigenvalue weighted by Crippen LogP contribution is -2.58. The Labute approximate surface area is 267 Å². The minimum absolute atomic E-state index is 0.111. The quantitative estimate of drug-likeness (QED) is 0.181. The van der Waals surface area contributed by atoms with E-state index < -0.39 is 41.1 Å². The number of benzene rings is 1. The first-order chi connectivity index (χ1) is 21.7. The number of esters is 1. The molecule has 1 spiro atoms. The SMILES string of the molecule is C=CCCCCOC(=O)[C@@H]1[C@H]2C(=O)N([C@H](CO)c3ccccc3)C(C(=O)N(CC=C)CCN3CCOCC3)C23CC(C)[C@@]1(C)O3. The van der Waals surface area contributed by atoms with Gasteiger partial charge in [-0.2, -0.15) is 0 Å². The fourth-order valence-electron chi connectivity index (χ4n) is 8.04. The van der Waals surface area contributed by atoms with Crippen molar-refractivity contribution in [3.63, 3.8) is 0 Å². The third-order valence-electron chi connectivity index (χ3n) is 10.4. The van der Waals surface area contributed by atoms with Gasteiger partial charge in [0.1, 0.15) is 17.6 Å². The van der Waals surface area contributed by atoms with E-state index in [9.17, 15) is 19.5 Å². The molecule has 3 unspecified atom stereocenters. The average molecular weight is 624 g/mol. The molecule has 0 saturated carbocycles. The van der Waals surface area contributed by atoms with Crippen LogP contribution in [0, 0.1) is 17.8 Å². The van der Waals surface area contributed by atoms with Gasteiger partial charge in [0, 0.05) is 32.7 Å². The van der Waals surface area contributed by atoms with Gasteiger partial charge >= 0.3 is 5.97 Å². The zero-order valence-electron chi connectivity index (χ0n) is 26.8. The van der Waals surface area contributed by atoms with Crippen molar-refractivity contribution >= 4 is 17.8 Å². The van der Waals surface area contributed by atoms with Gasteiger partial charge in [-0.3, -0.25) is 19.3 Å². The number of hydrogen-bond donors (Lipinski definition) is 1. The highest BCUT2D eigenvalue weighted by Gasteiger charge is 2.80. The largest absolute Gasteiger partial charge is 0.465 e. The zero-order chi connectivity index (χ0) is 32.2. The number of nitrogens with zero attached hydrogens (tertiary/aromatic N) is 3. The third kappa shape index (κ3) is 6.10. The zero-order valence-corrected chi connectivity index (χ0v) is 26.8. The van der Waals surface area contributed by atoms with E-state index in [0.717, 1.165) is 25.9 Å². The van der Waals surface area contributed by atoms with Crippen LogP contribution >= 0.6 is 0 Å². The lowest BCUT2D eigenvalue weighted by atomic mass is 9.62. The Balaban J connectivity index is 1.52. The van der Waals surface area contributed by atoms with Crippen LogP contribution in [0.25, 0.3) is 0 Å². The predicted molar refractivity (Wildman–Crippen MR) is 169 cm³/mol. The summed E-state index contributed by atoms with van der Waals surface area (Å²) in [6.45, 7) is 15.7. The molecule has 4 aliphatic rings. The Morgan fingerprint density at radius 1 is 1.18 bits per heavy atom. The molecule has 4 heterocycles. The highest BCUT2D eigenvalue weighted by molar-refractivity contribution is 5.99. The number of ether oxygens (including phenoxy) is 3. The van der Waals surface area contributed by atoms with E-state index in [-0.39, 0.29) is 30.9 Å². The van der Waals surface area contributed by atoms with E-state index in [0.29, 0.717) is 51.3 Å². The number of hydrogen-bond acceptors (Lipinski definition) is 8. The van der Waals surface area contributed by atoms with Crippen molar-refractivity contribution in [1.82, 2.24) is 14.7 Å². The van der Waals surface area contributed by atoms with E-state index in [1.807, 2.05) is 50.3 Å². The molecule has 45 heavy (non-hydrogen) atoms. The van der Waals surface area contributed by atoms with Crippen molar-refractivity contribution in [2.45, 2.75) is 62.8 Å². The number of morpholine rings is 1. The molecule has 5 rings (SSSR count). The van der Waals surface area contributed by atoms with Gasteiger partial charge in [0.2, 0.25) is 11.8 Å². The van der Waals surface area contributed by atoms with Crippen LogP contribution in [-0.4, -0.2) is 114 Å². The maximum Gasteiger partial charge on any atom is 0.312 e. The van der Waals surface area contributed by atoms with Crippen molar-refractivity contribution in [3.8, 4) is 0 Å². The number of fused-ring (bicyclic) bond motifs is 1. The topological polar surface area (TPSA) is 109 Å². The molecular formula is C35H49N3O7. The number of carbonyl (C=O) groups is 3. The summed E-state index contributed by atoms with van der Waals surface area (Å²) in [5.41, 5.74) is -1.50. The highest BCUT2D eigenvalue weighted by Crippen LogP contribution is 2.66. The van der Waals surface area contributed by atoms with Crippen LogP contribution in [-0.2, 0) is 28.6 Å². The molecule has 0 aromatic heterocycles. The second kappa shape index (κ2) is 14.2. The van der Waals surface area contributed by atoms with Crippen molar-refractivity contribution < 1.29 is 33.7 Å². The molecule has 4 saturated heterocycles. The standard InChI is InChI=1S/C35H49N3O7/c1-5-7-8-12-20-44-33(42)29-28-31(40)38(27(24-39)26-13-10-9-11-14-26)30(35(28)23-25(3)34(29,4)45-35)32(41)37(15-6-2)17-16-36-18-21-43-22-19-36/h5-6,9-11,13-14,25,27-30,39H,1-2,7-8,12,15-24H2,3-4H3/t25?,27-,28+,29+,30?,34-,35?/m1/s1. The Morgan fingerprint density at radius 2 is 1.91 bits per heavy atom. The molecule has 7 atom stereocenters. The number of amides is 2. The van der Waals surface area contributed by atoms with Crippen molar-refractivity contribution in [2.75, 3.05) is 59.2 Å². The number of aliphatic hydroxyl groups is 1. The Morgan fingerprint density at radius 3 is 2.58 bits per heavy atom. The first kappa shape index (κ1) is 33.3. The van der Waals surface area contributed by atoms with E-state index in [1.165, 1.54) is 4.90 Å². The maximum absolute atomic E-state index is 14.9. The van der Waals surface area contributed by atoms with Crippen LogP contribution < -0.4 is 0 Å². The van der Waals surface area contributed by atoms with Gasteiger partial charge in [-0.15, -0.1) is 13.2 Å². The molecule has 2 bridgehead atoms. The Kier molecular flexibility index (Phi) is 10.5. The summed E-state index contributed by atoms with van der Waals surface area (Å²) in [6, 6.07) is 7.42. The van der Waals surface area contributed by atoms with Gasteiger partial charge in [-0.05, 0) is 44.1 Å². The number of unbranched alkanes of at least 4 members (excludes halogenated alkanes) is 2. The van der Waals surface area contributed by atoms with E-state index in [4.69, 9.17) is 14.2 Å². The molecule has 10 heteroatoms. The molecule has 1 aromatic carbocycles.